The predicted molar refractivity (Wildman–Crippen MR) is 103 cm³/mol. The summed E-state index contributed by atoms with van der Waals surface area (Å²) in [6.45, 7) is 2.98. The van der Waals surface area contributed by atoms with Gasteiger partial charge < -0.3 is 24.4 Å². The summed E-state index contributed by atoms with van der Waals surface area (Å²) >= 11 is 0. The van der Waals surface area contributed by atoms with Crippen LogP contribution in [0.1, 0.15) is 15.9 Å². The van der Waals surface area contributed by atoms with Crippen molar-refractivity contribution in [1.82, 2.24) is 4.90 Å². The van der Waals surface area contributed by atoms with Crippen LogP contribution in [0.2, 0.25) is 0 Å². The van der Waals surface area contributed by atoms with Crippen LogP contribution in [0.25, 0.3) is 0 Å². The van der Waals surface area contributed by atoms with Gasteiger partial charge in [0.25, 0.3) is 11.8 Å². The fourth-order valence-corrected chi connectivity index (χ4v) is 3.21. The molecule has 2 aromatic rings. The van der Waals surface area contributed by atoms with Gasteiger partial charge in [-0.05, 0) is 48.0 Å². The van der Waals surface area contributed by atoms with Gasteiger partial charge in [0, 0.05) is 30.8 Å². The van der Waals surface area contributed by atoms with E-state index < -0.39 is 0 Å². The van der Waals surface area contributed by atoms with E-state index in [1.807, 2.05) is 12.1 Å². The number of benzene rings is 2. The number of hydrogen-bond donors (Lipinski definition) is 1. The molecule has 2 heterocycles. The van der Waals surface area contributed by atoms with E-state index in [0.717, 1.165) is 17.7 Å². The van der Waals surface area contributed by atoms with Crippen molar-refractivity contribution in [3.63, 3.8) is 0 Å². The van der Waals surface area contributed by atoms with Gasteiger partial charge >= 0.3 is 0 Å². The summed E-state index contributed by atoms with van der Waals surface area (Å²) in [5.41, 5.74) is 2.32. The van der Waals surface area contributed by atoms with Gasteiger partial charge in [0.2, 0.25) is 0 Å². The number of ether oxygens (including phenoxy) is 3. The topological polar surface area (TPSA) is 77.1 Å². The highest BCUT2D eigenvalue weighted by Gasteiger charge is 2.17. The molecule has 2 aliphatic rings. The van der Waals surface area contributed by atoms with Crippen LogP contribution in [0.15, 0.2) is 42.5 Å². The molecular formula is C21H22N2O5. The fourth-order valence-electron chi connectivity index (χ4n) is 3.21. The first-order valence-electron chi connectivity index (χ1n) is 9.34. The monoisotopic (exact) mass is 382 g/mol. The maximum atomic E-state index is 12.4. The summed E-state index contributed by atoms with van der Waals surface area (Å²) in [6, 6.07) is 12.4. The SMILES string of the molecule is O=C(Nc1ccc(OCC(=O)N2CCOCC2)cc1)c1ccc2c(c1)CCO2. The minimum atomic E-state index is -0.175. The number of nitrogens with one attached hydrogen (secondary N) is 1. The van der Waals surface area contributed by atoms with Gasteiger partial charge in [-0.1, -0.05) is 0 Å². The predicted octanol–water partition coefficient (Wildman–Crippen LogP) is 2.11. The second kappa shape index (κ2) is 8.31. The van der Waals surface area contributed by atoms with Crippen LogP contribution in [0.5, 0.6) is 11.5 Å². The van der Waals surface area contributed by atoms with Crippen molar-refractivity contribution < 1.29 is 23.8 Å². The Bertz CT molecular complexity index is 860. The Morgan fingerprint density at radius 3 is 2.61 bits per heavy atom. The van der Waals surface area contributed by atoms with Crippen molar-refractivity contribution in [2.24, 2.45) is 0 Å². The number of morpholine rings is 1. The van der Waals surface area contributed by atoms with Gasteiger partial charge in [0.05, 0.1) is 19.8 Å². The van der Waals surface area contributed by atoms with Gasteiger partial charge in [-0.15, -0.1) is 0 Å². The van der Waals surface area contributed by atoms with Gasteiger partial charge in [0.15, 0.2) is 6.61 Å². The molecule has 0 atom stereocenters. The van der Waals surface area contributed by atoms with Crippen LogP contribution in [0.3, 0.4) is 0 Å². The molecule has 146 valence electrons. The second-order valence-electron chi connectivity index (χ2n) is 6.68. The lowest BCUT2D eigenvalue weighted by molar-refractivity contribution is -0.137. The first-order valence-corrected chi connectivity index (χ1v) is 9.34. The third-order valence-corrected chi connectivity index (χ3v) is 4.79. The van der Waals surface area contributed by atoms with Crippen molar-refractivity contribution in [1.29, 1.82) is 0 Å². The Morgan fingerprint density at radius 2 is 1.82 bits per heavy atom. The number of rotatable bonds is 5. The summed E-state index contributed by atoms with van der Waals surface area (Å²) < 4.78 is 16.3. The number of fused-ring (bicyclic) bond motifs is 1. The molecule has 1 N–H and O–H groups in total. The molecule has 2 aliphatic heterocycles. The van der Waals surface area contributed by atoms with E-state index in [-0.39, 0.29) is 18.4 Å². The van der Waals surface area contributed by atoms with Crippen molar-refractivity contribution in [2.45, 2.75) is 6.42 Å². The zero-order valence-corrected chi connectivity index (χ0v) is 15.5. The lowest BCUT2D eigenvalue weighted by atomic mass is 10.1. The third-order valence-electron chi connectivity index (χ3n) is 4.79. The number of carbonyl (C=O) groups excluding carboxylic acids is 2. The van der Waals surface area contributed by atoms with Crippen molar-refractivity contribution in [2.75, 3.05) is 44.8 Å². The quantitative estimate of drug-likeness (QED) is 0.857. The highest BCUT2D eigenvalue weighted by molar-refractivity contribution is 6.04. The lowest BCUT2D eigenvalue weighted by Gasteiger charge is -2.26. The zero-order chi connectivity index (χ0) is 19.3. The maximum Gasteiger partial charge on any atom is 0.260 e. The molecule has 7 nitrogen and oxygen atoms in total. The van der Waals surface area contributed by atoms with E-state index in [2.05, 4.69) is 5.32 Å². The minimum absolute atomic E-state index is 0.0110. The highest BCUT2D eigenvalue weighted by atomic mass is 16.5. The van der Waals surface area contributed by atoms with Crippen LogP contribution >= 0.6 is 0 Å². The molecule has 1 saturated heterocycles. The van der Waals surface area contributed by atoms with E-state index in [9.17, 15) is 9.59 Å². The molecule has 7 heteroatoms. The summed E-state index contributed by atoms with van der Waals surface area (Å²) in [7, 11) is 0. The summed E-state index contributed by atoms with van der Waals surface area (Å²) in [5.74, 6) is 1.20. The Labute approximate surface area is 163 Å². The molecule has 4 rings (SSSR count). The third kappa shape index (κ3) is 4.26. The summed E-state index contributed by atoms with van der Waals surface area (Å²) in [5, 5.41) is 2.87. The molecule has 0 unspecified atom stereocenters. The number of anilines is 1. The zero-order valence-electron chi connectivity index (χ0n) is 15.5. The Kier molecular flexibility index (Phi) is 5.43. The molecule has 28 heavy (non-hydrogen) atoms. The highest BCUT2D eigenvalue weighted by Crippen LogP contribution is 2.26. The molecule has 0 saturated carbocycles. The first-order chi connectivity index (χ1) is 13.7. The number of hydrogen-bond acceptors (Lipinski definition) is 5. The average molecular weight is 382 g/mol. The smallest absolute Gasteiger partial charge is 0.260 e. The van der Waals surface area contributed by atoms with Crippen molar-refractivity contribution in [3.05, 3.63) is 53.6 Å². The molecule has 0 radical (unpaired) electrons. The van der Waals surface area contributed by atoms with E-state index >= 15 is 0 Å². The Hall–Kier alpha value is -3.06. The maximum absolute atomic E-state index is 12.4. The van der Waals surface area contributed by atoms with E-state index in [1.165, 1.54) is 0 Å². The first kappa shape index (κ1) is 18.3. The summed E-state index contributed by atoms with van der Waals surface area (Å²) in [4.78, 5) is 26.3. The van der Waals surface area contributed by atoms with Crippen LogP contribution in [0, 0.1) is 0 Å². The van der Waals surface area contributed by atoms with Crippen LogP contribution < -0.4 is 14.8 Å². The fraction of sp³-hybridized carbons (Fsp3) is 0.333. The average Bonchev–Trinajstić information content (AvgIpc) is 3.21. The molecule has 0 aliphatic carbocycles. The molecule has 1 fully saturated rings. The lowest BCUT2D eigenvalue weighted by Crippen LogP contribution is -2.42. The largest absolute Gasteiger partial charge is 0.493 e. The Balaban J connectivity index is 1.30. The van der Waals surface area contributed by atoms with Crippen LogP contribution in [-0.2, 0) is 16.0 Å². The number of amides is 2. The number of carbonyl (C=O) groups is 2. The molecule has 0 bridgehead atoms. The second-order valence-corrected chi connectivity index (χ2v) is 6.68. The van der Waals surface area contributed by atoms with E-state index in [4.69, 9.17) is 14.2 Å². The molecule has 2 amide bonds. The van der Waals surface area contributed by atoms with Gasteiger partial charge in [-0.3, -0.25) is 9.59 Å². The minimum Gasteiger partial charge on any atom is -0.493 e. The molecule has 0 spiro atoms. The van der Waals surface area contributed by atoms with Gasteiger partial charge in [-0.2, -0.15) is 0 Å². The van der Waals surface area contributed by atoms with Crippen molar-refractivity contribution in [3.8, 4) is 11.5 Å². The molecular weight excluding hydrogens is 360 g/mol. The standard InChI is InChI=1S/C21H22N2O5/c24-20(23-8-11-26-12-9-23)14-28-18-4-2-17(3-5-18)22-21(25)16-1-6-19-15(13-16)7-10-27-19/h1-6,13H,7-12,14H2,(H,22,25). The normalized spacial score (nSPS) is 15.5. The van der Waals surface area contributed by atoms with Crippen LogP contribution in [0.4, 0.5) is 5.69 Å². The van der Waals surface area contributed by atoms with E-state index in [0.29, 0.717) is 49.9 Å². The molecule has 0 aromatic heterocycles. The van der Waals surface area contributed by atoms with E-state index in [1.54, 1.807) is 35.2 Å². The molecule has 2 aromatic carbocycles. The van der Waals surface area contributed by atoms with Crippen LogP contribution in [-0.4, -0.2) is 56.2 Å². The van der Waals surface area contributed by atoms with Crippen molar-refractivity contribution >= 4 is 17.5 Å². The van der Waals surface area contributed by atoms with Gasteiger partial charge in [-0.25, -0.2) is 0 Å². The van der Waals surface area contributed by atoms with Gasteiger partial charge in [0.1, 0.15) is 11.5 Å². The summed E-state index contributed by atoms with van der Waals surface area (Å²) in [6.07, 6.45) is 0.825. The number of nitrogens with zero attached hydrogens (tertiary/aromatic N) is 1. The Morgan fingerprint density at radius 1 is 1.04 bits per heavy atom.